The number of likely N-dealkylation sites (N-methyl/N-ethyl adjacent to an activating group) is 1. The van der Waals surface area contributed by atoms with Crippen LogP contribution in [0.1, 0.15) is 52.9 Å². The molecule has 0 saturated heterocycles. The molecule has 0 spiro atoms. The molecular formula is C27H30FN5O4. The van der Waals surface area contributed by atoms with E-state index in [1.54, 1.807) is 26.1 Å². The monoisotopic (exact) mass is 507 g/mol. The number of amides is 3. The summed E-state index contributed by atoms with van der Waals surface area (Å²) >= 11 is 0. The van der Waals surface area contributed by atoms with Crippen LogP contribution in [0.15, 0.2) is 54.6 Å². The van der Waals surface area contributed by atoms with Crippen LogP contribution in [0.2, 0.25) is 0 Å². The van der Waals surface area contributed by atoms with E-state index in [1.807, 2.05) is 38.1 Å². The van der Waals surface area contributed by atoms with Crippen molar-refractivity contribution in [2.75, 3.05) is 7.05 Å². The molecule has 1 unspecified atom stereocenters. The topological polar surface area (TPSA) is 106 Å². The molecule has 9 nitrogen and oxygen atoms in total. The summed E-state index contributed by atoms with van der Waals surface area (Å²) in [5.41, 5.74) is 0.696. The molecule has 0 saturated carbocycles. The first-order chi connectivity index (χ1) is 17.6. The molecule has 2 aromatic carbocycles. The maximum absolute atomic E-state index is 13.1. The van der Waals surface area contributed by atoms with Crippen LogP contribution >= 0.6 is 0 Å². The van der Waals surface area contributed by atoms with Crippen LogP contribution in [-0.4, -0.2) is 51.1 Å². The van der Waals surface area contributed by atoms with E-state index in [-0.39, 0.29) is 48.9 Å². The van der Waals surface area contributed by atoms with E-state index in [1.165, 1.54) is 27.8 Å². The fourth-order valence-corrected chi connectivity index (χ4v) is 4.04. The average Bonchev–Trinajstić information content (AvgIpc) is 3.30. The Kier molecular flexibility index (Phi) is 7.28. The number of nitrogens with one attached hydrogen (secondary N) is 2. The van der Waals surface area contributed by atoms with Crippen molar-refractivity contribution in [2.45, 2.75) is 52.0 Å². The zero-order valence-electron chi connectivity index (χ0n) is 21.2. The highest BCUT2D eigenvalue weighted by Crippen LogP contribution is 2.26. The molecule has 2 N–H and O–H groups in total. The highest BCUT2D eigenvalue weighted by molar-refractivity contribution is 6.01. The molecule has 2 heterocycles. The SMILES string of the molecule is CC(C)Oc1ccc(CNC(=O)c2cc3n(n2)CC(C)(C(=O)NCc2ccc(F)cc2)N(C)C3=O)cc1. The van der Waals surface area contributed by atoms with E-state index in [0.717, 1.165) is 16.9 Å². The normalized spacial score (nSPS) is 16.9. The van der Waals surface area contributed by atoms with Crippen molar-refractivity contribution in [1.82, 2.24) is 25.3 Å². The minimum Gasteiger partial charge on any atom is -0.491 e. The zero-order chi connectivity index (χ0) is 26.7. The van der Waals surface area contributed by atoms with Crippen molar-refractivity contribution in [3.05, 3.63) is 82.9 Å². The van der Waals surface area contributed by atoms with Gasteiger partial charge < -0.3 is 20.3 Å². The minimum atomic E-state index is -1.23. The van der Waals surface area contributed by atoms with Crippen molar-refractivity contribution in [3.63, 3.8) is 0 Å². The zero-order valence-corrected chi connectivity index (χ0v) is 21.2. The van der Waals surface area contributed by atoms with Gasteiger partial charge in [0.05, 0.1) is 12.6 Å². The first-order valence-electron chi connectivity index (χ1n) is 12.0. The number of nitrogens with zero attached hydrogens (tertiary/aromatic N) is 3. The highest BCUT2D eigenvalue weighted by atomic mass is 19.1. The van der Waals surface area contributed by atoms with Crippen LogP contribution in [0, 0.1) is 5.82 Å². The summed E-state index contributed by atoms with van der Waals surface area (Å²) in [7, 11) is 1.54. The Labute approximate surface area is 214 Å². The van der Waals surface area contributed by atoms with E-state index >= 15 is 0 Å². The molecule has 1 aromatic heterocycles. The van der Waals surface area contributed by atoms with Gasteiger partial charge in [0.25, 0.3) is 11.8 Å². The van der Waals surface area contributed by atoms with Crippen molar-refractivity contribution in [3.8, 4) is 5.75 Å². The number of fused-ring (bicyclic) bond motifs is 1. The second kappa shape index (κ2) is 10.4. The molecule has 37 heavy (non-hydrogen) atoms. The predicted molar refractivity (Wildman–Crippen MR) is 134 cm³/mol. The van der Waals surface area contributed by atoms with Gasteiger partial charge in [-0.05, 0) is 56.2 Å². The van der Waals surface area contributed by atoms with Crippen molar-refractivity contribution >= 4 is 17.7 Å². The lowest BCUT2D eigenvalue weighted by atomic mass is 9.96. The molecule has 0 radical (unpaired) electrons. The summed E-state index contributed by atoms with van der Waals surface area (Å²) in [6, 6.07) is 14.6. The first-order valence-corrected chi connectivity index (χ1v) is 12.0. The van der Waals surface area contributed by atoms with Gasteiger partial charge in [0.2, 0.25) is 5.91 Å². The van der Waals surface area contributed by atoms with Crippen molar-refractivity contribution in [2.24, 2.45) is 0 Å². The first kappa shape index (κ1) is 25.9. The van der Waals surface area contributed by atoms with Gasteiger partial charge in [0.1, 0.15) is 22.8 Å². The Bertz CT molecular complexity index is 1300. The maximum atomic E-state index is 13.1. The Balaban J connectivity index is 1.41. The molecule has 0 aliphatic carbocycles. The summed E-state index contributed by atoms with van der Waals surface area (Å²) in [4.78, 5) is 40.3. The van der Waals surface area contributed by atoms with Gasteiger partial charge in [0, 0.05) is 26.2 Å². The minimum absolute atomic E-state index is 0.0713. The number of benzene rings is 2. The lowest BCUT2D eigenvalue weighted by Crippen LogP contribution is -2.62. The third kappa shape index (κ3) is 5.63. The summed E-state index contributed by atoms with van der Waals surface area (Å²) in [6.07, 6.45) is 0.0713. The summed E-state index contributed by atoms with van der Waals surface area (Å²) in [6.45, 7) is 6.07. The van der Waals surface area contributed by atoms with Crippen LogP contribution in [0.5, 0.6) is 5.75 Å². The smallest absolute Gasteiger partial charge is 0.272 e. The van der Waals surface area contributed by atoms with E-state index in [4.69, 9.17) is 4.74 Å². The van der Waals surface area contributed by atoms with Gasteiger partial charge >= 0.3 is 0 Å². The second-order valence-electron chi connectivity index (χ2n) is 9.51. The molecule has 1 aliphatic rings. The molecule has 1 aliphatic heterocycles. The van der Waals surface area contributed by atoms with E-state index in [2.05, 4.69) is 15.7 Å². The molecule has 194 valence electrons. The average molecular weight is 508 g/mol. The largest absolute Gasteiger partial charge is 0.491 e. The molecule has 3 amide bonds. The van der Waals surface area contributed by atoms with Gasteiger partial charge in [-0.2, -0.15) is 5.10 Å². The molecular weight excluding hydrogens is 477 g/mol. The van der Waals surface area contributed by atoms with E-state index < -0.39 is 17.4 Å². The summed E-state index contributed by atoms with van der Waals surface area (Å²) in [5.74, 6) is -0.843. The number of hydrogen-bond donors (Lipinski definition) is 2. The van der Waals surface area contributed by atoms with Crippen molar-refractivity contribution in [1.29, 1.82) is 0 Å². The number of halogens is 1. The molecule has 3 aromatic rings. The Morgan fingerprint density at radius 3 is 2.27 bits per heavy atom. The van der Waals surface area contributed by atoms with Gasteiger partial charge in [0.15, 0.2) is 5.69 Å². The lowest BCUT2D eigenvalue weighted by molar-refractivity contribution is -0.132. The Morgan fingerprint density at radius 1 is 1.05 bits per heavy atom. The molecule has 10 heteroatoms. The quantitative estimate of drug-likeness (QED) is 0.488. The summed E-state index contributed by atoms with van der Waals surface area (Å²) < 4.78 is 20.2. The lowest BCUT2D eigenvalue weighted by Gasteiger charge is -2.40. The van der Waals surface area contributed by atoms with Crippen LogP contribution in [0.4, 0.5) is 4.39 Å². The number of carbonyl (C=O) groups is 3. The fraction of sp³-hybridized carbons (Fsp3) is 0.333. The van der Waals surface area contributed by atoms with Crippen LogP contribution in [-0.2, 0) is 24.4 Å². The van der Waals surface area contributed by atoms with Crippen LogP contribution in [0.25, 0.3) is 0 Å². The van der Waals surface area contributed by atoms with Gasteiger partial charge in [-0.3, -0.25) is 19.1 Å². The number of aromatic nitrogens is 2. The maximum Gasteiger partial charge on any atom is 0.272 e. The Hall–Kier alpha value is -4.21. The molecule has 4 rings (SSSR count). The number of hydrogen-bond acceptors (Lipinski definition) is 5. The van der Waals surface area contributed by atoms with E-state index in [9.17, 15) is 18.8 Å². The van der Waals surface area contributed by atoms with Gasteiger partial charge in [-0.15, -0.1) is 0 Å². The molecule has 0 bridgehead atoms. The van der Waals surface area contributed by atoms with Crippen LogP contribution in [0.3, 0.4) is 0 Å². The molecule has 0 fully saturated rings. The molecule has 1 atom stereocenters. The number of ether oxygens (including phenoxy) is 1. The third-order valence-electron chi connectivity index (χ3n) is 6.34. The van der Waals surface area contributed by atoms with Gasteiger partial charge in [-0.25, -0.2) is 4.39 Å². The van der Waals surface area contributed by atoms with Crippen LogP contribution < -0.4 is 15.4 Å². The highest BCUT2D eigenvalue weighted by Gasteiger charge is 2.46. The predicted octanol–water partition coefficient (Wildman–Crippen LogP) is 2.90. The van der Waals surface area contributed by atoms with E-state index in [0.29, 0.717) is 0 Å². The number of carbonyl (C=O) groups excluding carboxylic acids is 3. The second-order valence-corrected chi connectivity index (χ2v) is 9.51. The van der Waals surface area contributed by atoms with Crippen molar-refractivity contribution < 1.29 is 23.5 Å². The standard InChI is InChI=1S/C27H30FN5O4/c1-17(2)37-21-11-7-19(8-12-21)14-29-24(34)22-13-23-25(35)32(4)27(3,16-33(23)31-22)26(36)30-15-18-5-9-20(28)10-6-18/h5-13,17H,14-16H2,1-4H3,(H,29,34)(H,30,36). The summed E-state index contributed by atoms with van der Waals surface area (Å²) in [5, 5.41) is 9.93. The fourth-order valence-electron chi connectivity index (χ4n) is 4.04. The number of rotatable bonds is 8. The third-order valence-corrected chi connectivity index (χ3v) is 6.34. The Morgan fingerprint density at radius 2 is 1.65 bits per heavy atom. The van der Waals surface area contributed by atoms with Gasteiger partial charge in [-0.1, -0.05) is 24.3 Å².